The fourth-order valence-electron chi connectivity index (χ4n) is 2.89. The van der Waals surface area contributed by atoms with E-state index in [-0.39, 0.29) is 11.9 Å². The van der Waals surface area contributed by atoms with Crippen LogP contribution in [0.15, 0.2) is 54.7 Å². The van der Waals surface area contributed by atoms with Gasteiger partial charge in [0.1, 0.15) is 17.2 Å². The molecule has 4 rings (SSSR count). The van der Waals surface area contributed by atoms with Gasteiger partial charge in [0.25, 0.3) is 5.91 Å². The Hall–Kier alpha value is -3.94. The zero-order valence-corrected chi connectivity index (χ0v) is 15.3. The van der Waals surface area contributed by atoms with Crippen LogP contribution in [0.1, 0.15) is 10.5 Å². The zero-order valence-electron chi connectivity index (χ0n) is 15.3. The second kappa shape index (κ2) is 7.36. The van der Waals surface area contributed by atoms with Crippen LogP contribution in [0.4, 0.5) is 5.95 Å². The highest BCUT2D eigenvalue weighted by atomic mass is 16.5. The number of aromatic nitrogens is 4. The summed E-state index contributed by atoms with van der Waals surface area (Å²) in [6, 6.07) is 14.7. The highest BCUT2D eigenvalue weighted by Gasteiger charge is 2.16. The molecule has 0 aliphatic rings. The quantitative estimate of drug-likeness (QED) is 0.555. The minimum atomic E-state index is -0.385. The third kappa shape index (κ3) is 3.23. The Morgan fingerprint density at radius 1 is 1.07 bits per heavy atom. The lowest BCUT2D eigenvalue weighted by molar-refractivity contribution is 0.102. The van der Waals surface area contributed by atoms with Crippen LogP contribution in [-0.4, -0.2) is 40.3 Å². The van der Waals surface area contributed by atoms with Gasteiger partial charge in [0.2, 0.25) is 5.95 Å². The third-order valence-electron chi connectivity index (χ3n) is 4.26. The van der Waals surface area contributed by atoms with E-state index in [0.29, 0.717) is 28.6 Å². The van der Waals surface area contributed by atoms with Crippen LogP contribution in [0.3, 0.4) is 0 Å². The lowest BCUT2D eigenvalue weighted by Gasteiger charge is -2.07. The summed E-state index contributed by atoms with van der Waals surface area (Å²) in [5, 5.41) is 11.3. The molecule has 0 saturated carbocycles. The molecule has 8 nitrogen and oxygen atoms in total. The molecule has 0 atom stereocenters. The Bertz CT molecular complexity index is 1150. The van der Waals surface area contributed by atoms with Crippen molar-refractivity contribution in [3.05, 3.63) is 60.4 Å². The summed E-state index contributed by atoms with van der Waals surface area (Å²) in [4.78, 5) is 21.2. The minimum absolute atomic E-state index is 0.146. The van der Waals surface area contributed by atoms with Crippen molar-refractivity contribution >= 4 is 22.6 Å². The van der Waals surface area contributed by atoms with Gasteiger partial charge in [-0.15, -0.1) is 5.10 Å². The van der Waals surface area contributed by atoms with Gasteiger partial charge < -0.3 is 9.47 Å². The fourth-order valence-corrected chi connectivity index (χ4v) is 2.89. The van der Waals surface area contributed by atoms with Gasteiger partial charge in [-0.2, -0.15) is 4.98 Å². The molecule has 8 heteroatoms. The van der Waals surface area contributed by atoms with Gasteiger partial charge in [-0.05, 0) is 23.6 Å². The summed E-state index contributed by atoms with van der Waals surface area (Å²) >= 11 is 0. The normalized spacial score (nSPS) is 10.6. The van der Waals surface area contributed by atoms with E-state index >= 15 is 0 Å². The van der Waals surface area contributed by atoms with Crippen LogP contribution in [0.2, 0.25) is 0 Å². The summed E-state index contributed by atoms with van der Waals surface area (Å²) in [6.45, 7) is 0. The molecular formula is C20H17N5O3. The largest absolute Gasteiger partial charge is 0.497 e. The number of pyridine rings is 1. The smallest absolute Gasteiger partial charge is 0.277 e. The van der Waals surface area contributed by atoms with E-state index in [1.807, 2.05) is 30.3 Å². The number of ether oxygens (including phenoxy) is 2. The number of nitrogens with one attached hydrogen (secondary N) is 2. The van der Waals surface area contributed by atoms with Gasteiger partial charge >= 0.3 is 0 Å². The summed E-state index contributed by atoms with van der Waals surface area (Å²) in [5.74, 6) is 1.46. The van der Waals surface area contributed by atoms with E-state index in [4.69, 9.17) is 9.47 Å². The second-order valence-electron chi connectivity index (χ2n) is 5.91. The number of carbonyl (C=O) groups is 1. The van der Waals surface area contributed by atoms with Gasteiger partial charge in [-0.1, -0.05) is 24.3 Å². The second-order valence-corrected chi connectivity index (χ2v) is 5.91. The molecule has 0 radical (unpaired) electrons. The van der Waals surface area contributed by atoms with E-state index in [2.05, 4.69) is 25.5 Å². The van der Waals surface area contributed by atoms with Crippen LogP contribution < -0.4 is 14.8 Å². The fraction of sp³-hybridized carbons (Fsp3) is 0.100. The summed E-state index contributed by atoms with van der Waals surface area (Å²) in [5.41, 5.74) is 1.01. The van der Waals surface area contributed by atoms with Crippen molar-refractivity contribution in [2.45, 2.75) is 0 Å². The van der Waals surface area contributed by atoms with E-state index < -0.39 is 0 Å². The summed E-state index contributed by atoms with van der Waals surface area (Å²) in [6.07, 6.45) is 1.60. The first kappa shape index (κ1) is 17.5. The molecule has 0 spiro atoms. The Labute approximate surface area is 160 Å². The molecule has 1 amide bonds. The highest BCUT2D eigenvalue weighted by molar-refractivity contribution is 6.10. The molecule has 0 saturated heterocycles. The number of amides is 1. The number of anilines is 1. The number of aromatic amines is 1. The van der Waals surface area contributed by atoms with Gasteiger partial charge in [0.15, 0.2) is 5.82 Å². The number of hydrogen-bond acceptors (Lipinski definition) is 6. The van der Waals surface area contributed by atoms with Gasteiger partial charge in [-0.25, -0.2) is 0 Å². The van der Waals surface area contributed by atoms with Crippen LogP contribution in [-0.2, 0) is 0 Å². The number of nitrogens with zero attached hydrogens (tertiary/aromatic N) is 3. The van der Waals surface area contributed by atoms with Gasteiger partial charge in [0.05, 0.1) is 19.8 Å². The van der Waals surface area contributed by atoms with Crippen molar-refractivity contribution in [2.75, 3.05) is 19.5 Å². The standard InChI is InChI=1S/C20H17N5O3/c1-27-13-7-8-15(16(11-13)28-2)18-22-20(25-24-18)23-19(26)17-14-6-4-3-5-12(14)9-10-21-17/h3-11H,1-2H3,(H2,22,23,24,25,26). The number of benzene rings is 2. The van der Waals surface area contributed by atoms with Gasteiger partial charge in [0, 0.05) is 17.6 Å². The molecular weight excluding hydrogens is 358 g/mol. The number of H-pyrrole nitrogens is 1. The molecule has 0 aliphatic carbocycles. The molecule has 140 valence electrons. The molecule has 2 N–H and O–H groups in total. The first-order chi connectivity index (χ1) is 13.7. The molecule has 0 aliphatic heterocycles. The molecule has 2 aromatic heterocycles. The predicted octanol–water partition coefficient (Wildman–Crippen LogP) is 3.29. The maximum absolute atomic E-state index is 12.7. The zero-order chi connectivity index (χ0) is 19.5. The number of fused-ring (bicyclic) bond motifs is 1. The number of carbonyl (C=O) groups excluding carboxylic acids is 1. The van der Waals surface area contributed by atoms with Crippen molar-refractivity contribution in [1.29, 1.82) is 0 Å². The average molecular weight is 375 g/mol. The van der Waals surface area contributed by atoms with Gasteiger partial charge in [-0.3, -0.25) is 20.2 Å². The van der Waals surface area contributed by atoms with Crippen molar-refractivity contribution in [1.82, 2.24) is 20.2 Å². The first-order valence-corrected chi connectivity index (χ1v) is 8.49. The van der Waals surface area contributed by atoms with Crippen molar-refractivity contribution in [3.8, 4) is 22.9 Å². The topological polar surface area (TPSA) is 102 Å². The highest BCUT2D eigenvalue weighted by Crippen LogP contribution is 2.31. The number of rotatable bonds is 5. The molecule has 2 heterocycles. The first-order valence-electron chi connectivity index (χ1n) is 8.49. The monoisotopic (exact) mass is 375 g/mol. The molecule has 0 unspecified atom stereocenters. The summed E-state index contributed by atoms with van der Waals surface area (Å²) in [7, 11) is 3.14. The molecule has 2 aromatic carbocycles. The Balaban J connectivity index is 1.61. The van der Waals surface area contributed by atoms with Crippen molar-refractivity contribution in [3.63, 3.8) is 0 Å². The number of hydrogen-bond donors (Lipinski definition) is 2. The summed E-state index contributed by atoms with van der Waals surface area (Å²) < 4.78 is 10.6. The van der Waals surface area contributed by atoms with Crippen molar-refractivity contribution in [2.24, 2.45) is 0 Å². The van der Waals surface area contributed by atoms with E-state index in [0.717, 1.165) is 10.8 Å². The van der Waals surface area contributed by atoms with E-state index in [9.17, 15) is 4.79 Å². The Morgan fingerprint density at radius 2 is 1.93 bits per heavy atom. The SMILES string of the molecule is COc1ccc(-c2nc(NC(=O)c3nccc4ccccc34)n[nH]2)c(OC)c1. The maximum atomic E-state index is 12.7. The molecule has 0 fully saturated rings. The van der Waals surface area contributed by atoms with E-state index in [1.165, 1.54) is 0 Å². The van der Waals surface area contributed by atoms with Crippen LogP contribution in [0.5, 0.6) is 11.5 Å². The van der Waals surface area contributed by atoms with Crippen LogP contribution >= 0.6 is 0 Å². The van der Waals surface area contributed by atoms with Crippen LogP contribution in [0, 0.1) is 0 Å². The predicted molar refractivity (Wildman–Crippen MR) is 105 cm³/mol. The average Bonchev–Trinajstić information content (AvgIpc) is 3.20. The van der Waals surface area contributed by atoms with Crippen LogP contribution in [0.25, 0.3) is 22.2 Å². The molecule has 28 heavy (non-hydrogen) atoms. The Kier molecular flexibility index (Phi) is 4.59. The maximum Gasteiger partial charge on any atom is 0.277 e. The Morgan fingerprint density at radius 3 is 2.75 bits per heavy atom. The lowest BCUT2D eigenvalue weighted by Crippen LogP contribution is -2.15. The lowest BCUT2D eigenvalue weighted by atomic mass is 10.1. The minimum Gasteiger partial charge on any atom is -0.497 e. The number of methoxy groups -OCH3 is 2. The van der Waals surface area contributed by atoms with E-state index in [1.54, 1.807) is 38.6 Å². The third-order valence-corrected chi connectivity index (χ3v) is 4.26. The van der Waals surface area contributed by atoms with Crippen molar-refractivity contribution < 1.29 is 14.3 Å². The molecule has 0 bridgehead atoms. The molecule has 4 aromatic rings.